The predicted octanol–water partition coefficient (Wildman–Crippen LogP) is 3.28. The van der Waals surface area contributed by atoms with Gasteiger partial charge in [0.05, 0.1) is 0 Å². The average molecular weight is 303 g/mol. The van der Waals surface area contributed by atoms with Crippen LogP contribution < -0.4 is 19.5 Å². The fourth-order valence-corrected chi connectivity index (χ4v) is 2.40. The number of ether oxygens (including phenoxy) is 3. The van der Waals surface area contributed by atoms with Crippen LogP contribution >= 0.6 is 0 Å². The van der Waals surface area contributed by atoms with E-state index in [1.165, 1.54) is 12.1 Å². The first-order valence-electron chi connectivity index (χ1n) is 7.23. The zero-order valence-electron chi connectivity index (χ0n) is 12.3. The molecule has 22 heavy (non-hydrogen) atoms. The van der Waals surface area contributed by atoms with Gasteiger partial charge in [0.2, 0.25) is 12.5 Å². The van der Waals surface area contributed by atoms with Crippen LogP contribution in [0.3, 0.4) is 0 Å². The number of rotatable bonds is 6. The molecule has 0 saturated carbocycles. The van der Waals surface area contributed by atoms with Gasteiger partial charge in [0, 0.05) is 6.42 Å². The van der Waals surface area contributed by atoms with E-state index in [0.29, 0.717) is 17.2 Å². The van der Waals surface area contributed by atoms with Crippen LogP contribution in [0.5, 0.6) is 17.2 Å². The van der Waals surface area contributed by atoms with Crippen molar-refractivity contribution in [2.24, 2.45) is 0 Å². The van der Waals surface area contributed by atoms with E-state index in [1.807, 2.05) is 25.2 Å². The molecule has 1 heterocycles. The minimum absolute atomic E-state index is 0.191. The third-order valence-corrected chi connectivity index (χ3v) is 3.53. The monoisotopic (exact) mass is 303 g/mol. The summed E-state index contributed by atoms with van der Waals surface area (Å²) in [4.78, 5) is 0. The fourth-order valence-electron chi connectivity index (χ4n) is 2.40. The van der Waals surface area contributed by atoms with Crippen molar-refractivity contribution < 1.29 is 18.6 Å². The van der Waals surface area contributed by atoms with Crippen molar-refractivity contribution >= 4 is 0 Å². The van der Waals surface area contributed by atoms with Crippen molar-refractivity contribution in [3.8, 4) is 17.2 Å². The first-order valence-corrected chi connectivity index (χ1v) is 7.23. The molecular weight excluding hydrogens is 285 g/mol. The maximum absolute atomic E-state index is 13.1. The summed E-state index contributed by atoms with van der Waals surface area (Å²) >= 11 is 0. The molecule has 0 aromatic heterocycles. The molecule has 0 saturated heterocycles. The van der Waals surface area contributed by atoms with E-state index in [4.69, 9.17) is 14.2 Å². The average Bonchev–Trinajstić information content (AvgIpc) is 3.02. The van der Waals surface area contributed by atoms with E-state index in [2.05, 4.69) is 5.32 Å². The number of nitrogens with one attached hydrogen (secondary N) is 1. The molecule has 0 spiro atoms. The summed E-state index contributed by atoms with van der Waals surface area (Å²) in [7, 11) is 1.89. The summed E-state index contributed by atoms with van der Waals surface area (Å²) in [5, 5.41) is 3.11. The van der Waals surface area contributed by atoms with Gasteiger partial charge >= 0.3 is 0 Å². The molecule has 0 fully saturated rings. The summed E-state index contributed by atoms with van der Waals surface area (Å²) in [6.07, 6.45) is 0.566. The third kappa shape index (κ3) is 3.14. The highest BCUT2D eigenvalue weighted by Crippen LogP contribution is 2.42. The first kappa shape index (κ1) is 14.7. The second kappa shape index (κ2) is 6.66. The maximum Gasteiger partial charge on any atom is 0.231 e. The van der Waals surface area contributed by atoms with Gasteiger partial charge in [-0.25, -0.2) is 4.39 Å². The Morgan fingerprint density at radius 1 is 1.18 bits per heavy atom. The van der Waals surface area contributed by atoms with Gasteiger partial charge in [0.15, 0.2) is 11.5 Å². The van der Waals surface area contributed by atoms with Gasteiger partial charge in [-0.05, 0) is 43.4 Å². The van der Waals surface area contributed by atoms with Crippen LogP contribution in [0.1, 0.15) is 18.1 Å². The first-order chi connectivity index (χ1) is 10.8. The molecule has 0 aliphatic carbocycles. The molecule has 116 valence electrons. The lowest BCUT2D eigenvalue weighted by molar-refractivity contribution is 0.158. The predicted molar refractivity (Wildman–Crippen MR) is 80.9 cm³/mol. The summed E-state index contributed by atoms with van der Waals surface area (Å²) in [6, 6.07) is 11.9. The summed E-state index contributed by atoms with van der Waals surface area (Å²) in [6.45, 7) is 0.988. The lowest BCUT2D eigenvalue weighted by Gasteiger charge is -2.20. The van der Waals surface area contributed by atoms with Crippen molar-refractivity contribution in [3.63, 3.8) is 0 Å². The fraction of sp³-hybridized carbons (Fsp3) is 0.294. The molecule has 1 aliphatic rings. The second-order valence-electron chi connectivity index (χ2n) is 5.04. The lowest BCUT2D eigenvalue weighted by atomic mass is 10.1. The van der Waals surface area contributed by atoms with Crippen molar-refractivity contribution in [2.45, 2.75) is 12.5 Å². The Labute approximate surface area is 128 Å². The standard InChI is InChI=1S/C17H18FNO3/c1-19-10-9-14(12-5-7-13(18)8-6-12)22-16-4-2-3-15-17(16)21-11-20-15/h2-8,14,19H,9-11H2,1H3. The van der Waals surface area contributed by atoms with Gasteiger partial charge in [0.25, 0.3) is 0 Å². The van der Waals surface area contributed by atoms with Gasteiger partial charge in [-0.2, -0.15) is 0 Å². The van der Waals surface area contributed by atoms with Crippen LogP contribution in [0.4, 0.5) is 4.39 Å². The second-order valence-corrected chi connectivity index (χ2v) is 5.04. The van der Waals surface area contributed by atoms with Crippen molar-refractivity contribution in [3.05, 3.63) is 53.8 Å². The molecule has 0 radical (unpaired) electrons. The Hall–Kier alpha value is -2.27. The van der Waals surface area contributed by atoms with E-state index in [-0.39, 0.29) is 18.7 Å². The molecule has 1 N–H and O–H groups in total. The van der Waals surface area contributed by atoms with Crippen LogP contribution in [0.15, 0.2) is 42.5 Å². The van der Waals surface area contributed by atoms with Gasteiger partial charge in [-0.15, -0.1) is 0 Å². The van der Waals surface area contributed by atoms with Gasteiger partial charge in [-0.3, -0.25) is 0 Å². The molecule has 0 amide bonds. The van der Waals surface area contributed by atoms with E-state index in [9.17, 15) is 4.39 Å². The van der Waals surface area contributed by atoms with E-state index in [0.717, 1.165) is 18.5 Å². The van der Waals surface area contributed by atoms with Crippen LogP contribution in [0, 0.1) is 5.82 Å². The van der Waals surface area contributed by atoms with E-state index < -0.39 is 0 Å². The Balaban J connectivity index is 1.84. The lowest BCUT2D eigenvalue weighted by Crippen LogP contribution is -2.16. The quantitative estimate of drug-likeness (QED) is 0.889. The SMILES string of the molecule is CNCCC(Oc1cccc2c1OCO2)c1ccc(F)cc1. The highest BCUT2D eigenvalue weighted by Gasteiger charge is 2.21. The highest BCUT2D eigenvalue weighted by atomic mass is 19.1. The molecule has 1 aliphatic heterocycles. The van der Waals surface area contributed by atoms with Crippen LogP contribution in [0.25, 0.3) is 0 Å². The minimum atomic E-state index is -0.256. The highest BCUT2D eigenvalue weighted by molar-refractivity contribution is 5.52. The molecule has 1 atom stereocenters. The molecule has 3 rings (SSSR count). The van der Waals surface area contributed by atoms with E-state index >= 15 is 0 Å². The molecule has 0 bridgehead atoms. The van der Waals surface area contributed by atoms with Gasteiger partial charge in [0.1, 0.15) is 11.9 Å². The van der Waals surface area contributed by atoms with Crippen molar-refractivity contribution in [2.75, 3.05) is 20.4 Å². The number of hydrogen-bond donors (Lipinski definition) is 1. The Kier molecular flexibility index (Phi) is 4.44. The van der Waals surface area contributed by atoms with Crippen molar-refractivity contribution in [1.29, 1.82) is 0 Å². The summed E-state index contributed by atoms with van der Waals surface area (Å²) in [5.41, 5.74) is 0.924. The number of benzene rings is 2. The molecule has 2 aromatic carbocycles. The molecular formula is C17H18FNO3. The number of halogens is 1. The third-order valence-electron chi connectivity index (χ3n) is 3.53. The smallest absolute Gasteiger partial charge is 0.231 e. The topological polar surface area (TPSA) is 39.7 Å². The summed E-state index contributed by atoms with van der Waals surface area (Å²) < 4.78 is 30.1. The normalized spacial score (nSPS) is 13.9. The van der Waals surface area contributed by atoms with Crippen molar-refractivity contribution in [1.82, 2.24) is 5.32 Å². The zero-order valence-corrected chi connectivity index (χ0v) is 12.3. The molecule has 2 aromatic rings. The van der Waals surface area contributed by atoms with Gasteiger partial charge in [-0.1, -0.05) is 18.2 Å². The minimum Gasteiger partial charge on any atom is -0.482 e. The number of hydrogen-bond acceptors (Lipinski definition) is 4. The zero-order chi connectivity index (χ0) is 15.4. The van der Waals surface area contributed by atoms with Crippen LogP contribution in [0.2, 0.25) is 0 Å². The Morgan fingerprint density at radius 3 is 2.77 bits per heavy atom. The number of para-hydroxylation sites is 1. The molecule has 4 nitrogen and oxygen atoms in total. The van der Waals surface area contributed by atoms with Crippen LogP contribution in [-0.4, -0.2) is 20.4 Å². The number of fused-ring (bicyclic) bond motifs is 1. The Bertz CT molecular complexity index is 630. The molecule has 5 heteroatoms. The largest absolute Gasteiger partial charge is 0.482 e. The van der Waals surface area contributed by atoms with Crippen LogP contribution in [-0.2, 0) is 0 Å². The van der Waals surface area contributed by atoms with Gasteiger partial charge < -0.3 is 19.5 Å². The van der Waals surface area contributed by atoms with E-state index in [1.54, 1.807) is 12.1 Å². The Morgan fingerprint density at radius 2 is 2.00 bits per heavy atom. The maximum atomic E-state index is 13.1. The molecule has 1 unspecified atom stereocenters. The summed E-state index contributed by atoms with van der Waals surface area (Å²) in [5.74, 6) is 1.69.